The molecule has 0 aliphatic carbocycles. The molecule has 0 saturated carbocycles. The standard InChI is InChI=1S/C28H40N4O5S/c1-6-9-19-18-31(8-3)25-24(19)29-26(30-27(25)33)22-17-21(10-11-23(22)37-16-7-2)38(35,36)32-14-12-20(13-15-32)28(4,5)34/h10-11,17-18,20,34H,6-9,12-16H2,1-5H3,(H,29,30,33). The summed E-state index contributed by atoms with van der Waals surface area (Å²) in [7, 11) is -3.80. The van der Waals surface area contributed by atoms with Crippen LogP contribution >= 0.6 is 0 Å². The quantitative estimate of drug-likeness (QED) is 0.392. The van der Waals surface area contributed by atoms with Crippen molar-refractivity contribution in [3.05, 3.63) is 40.3 Å². The first kappa shape index (κ1) is 28.3. The lowest BCUT2D eigenvalue weighted by atomic mass is 9.84. The molecule has 0 bridgehead atoms. The van der Waals surface area contributed by atoms with E-state index in [4.69, 9.17) is 9.72 Å². The molecule has 3 aromatic rings. The normalized spacial score (nSPS) is 15.8. The van der Waals surface area contributed by atoms with Gasteiger partial charge in [0.05, 0.1) is 28.2 Å². The van der Waals surface area contributed by atoms with Gasteiger partial charge in [0, 0.05) is 25.8 Å². The molecule has 1 aromatic carbocycles. The maximum Gasteiger partial charge on any atom is 0.275 e. The average molecular weight is 545 g/mol. The van der Waals surface area contributed by atoms with Crippen molar-refractivity contribution in [1.82, 2.24) is 18.8 Å². The van der Waals surface area contributed by atoms with E-state index in [-0.39, 0.29) is 22.2 Å². The summed E-state index contributed by atoms with van der Waals surface area (Å²) < 4.78 is 36.6. The highest BCUT2D eigenvalue weighted by Gasteiger charge is 2.35. The number of benzene rings is 1. The first-order valence-electron chi connectivity index (χ1n) is 13.6. The Morgan fingerprint density at radius 2 is 1.87 bits per heavy atom. The molecule has 1 fully saturated rings. The first-order valence-corrected chi connectivity index (χ1v) is 15.1. The number of aromatic amines is 1. The molecule has 4 rings (SSSR count). The molecule has 2 aromatic heterocycles. The van der Waals surface area contributed by atoms with Crippen molar-refractivity contribution in [3.8, 4) is 17.1 Å². The number of hydrogen-bond acceptors (Lipinski definition) is 6. The number of aromatic nitrogens is 3. The Morgan fingerprint density at radius 1 is 1.16 bits per heavy atom. The van der Waals surface area contributed by atoms with E-state index in [1.165, 1.54) is 4.31 Å². The zero-order valence-electron chi connectivity index (χ0n) is 23.1. The Balaban J connectivity index is 1.79. The van der Waals surface area contributed by atoms with E-state index in [9.17, 15) is 18.3 Å². The van der Waals surface area contributed by atoms with Crippen LogP contribution in [-0.2, 0) is 23.0 Å². The van der Waals surface area contributed by atoms with Crippen molar-refractivity contribution in [1.29, 1.82) is 0 Å². The number of aliphatic hydroxyl groups is 1. The van der Waals surface area contributed by atoms with Crippen molar-refractivity contribution in [2.24, 2.45) is 5.92 Å². The third kappa shape index (κ3) is 5.53. The van der Waals surface area contributed by atoms with Crippen molar-refractivity contribution < 1.29 is 18.3 Å². The van der Waals surface area contributed by atoms with Gasteiger partial charge in [-0.05, 0) is 76.1 Å². The second-order valence-corrected chi connectivity index (χ2v) is 12.6. The van der Waals surface area contributed by atoms with E-state index in [0.717, 1.165) is 24.8 Å². The number of nitrogens with zero attached hydrogens (tertiary/aromatic N) is 3. The van der Waals surface area contributed by atoms with Crippen LogP contribution in [0.15, 0.2) is 34.1 Å². The van der Waals surface area contributed by atoms with Gasteiger partial charge in [-0.2, -0.15) is 4.31 Å². The number of fused-ring (bicyclic) bond motifs is 1. The molecule has 0 atom stereocenters. The summed E-state index contributed by atoms with van der Waals surface area (Å²) in [5.41, 5.74) is 1.48. The predicted octanol–water partition coefficient (Wildman–Crippen LogP) is 4.32. The molecule has 10 heteroatoms. The molecular formula is C28H40N4O5S. The van der Waals surface area contributed by atoms with Crippen molar-refractivity contribution >= 4 is 21.1 Å². The second-order valence-electron chi connectivity index (χ2n) is 10.6. The van der Waals surface area contributed by atoms with Crippen molar-refractivity contribution in [2.75, 3.05) is 19.7 Å². The van der Waals surface area contributed by atoms with Gasteiger partial charge in [-0.15, -0.1) is 0 Å². The lowest BCUT2D eigenvalue weighted by Gasteiger charge is -2.37. The summed E-state index contributed by atoms with van der Waals surface area (Å²) in [6.07, 6.45) is 5.63. The topological polar surface area (TPSA) is 118 Å². The maximum atomic E-state index is 13.6. The molecular weight excluding hydrogens is 504 g/mol. The third-order valence-electron chi connectivity index (χ3n) is 7.42. The molecule has 1 aliphatic rings. The summed E-state index contributed by atoms with van der Waals surface area (Å²) >= 11 is 0. The zero-order valence-corrected chi connectivity index (χ0v) is 23.9. The van der Waals surface area contributed by atoms with Crippen LogP contribution in [0.25, 0.3) is 22.4 Å². The maximum absolute atomic E-state index is 13.6. The molecule has 38 heavy (non-hydrogen) atoms. The Morgan fingerprint density at radius 3 is 2.47 bits per heavy atom. The van der Waals surface area contributed by atoms with Gasteiger partial charge >= 0.3 is 0 Å². The second kappa shape index (κ2) is 11.2. The minimum absolute atomic E-state index is 0.0445. The highest BCUT2D eigenvalue weighted by atomic mass is 32.2. The van der Waals surface area contributed by atoms with Crippen LogP contribution in [0.2, 0.25) is 0 Å². The minimum Gasteiger partial charge on any atom is -0.493 e. The molecule has 0 amide bonds. The number of sulfonamides is 1. The average Bonchev–Trinajstić information content (AvgIpc) is 3.25. The Kier molecular flexibility index (Phi) is 8.34. The fraction of sp³-hybridized carbons (Fsp3) is 0.571. The van der Waals surface area contributed by atoms with Gasteiger partial charge in [0.15, 0.2) is 0 Å². The number of nitrogens with one attached hydrogen (secondary N) is 1. The van der Waals surface area contributed by atoms with Crippen molar-refractivity contribution in [3.63, 3.8) is 0 Å². The molecule has 2 N–H and O–H groups in total. The van der Waals surface area contributed by atoms with Gasteiger partial charge in [-0.3, -0.25) is 4.79 Å². The van der Waals surface area contributed by atoms with E-state index in [0.29, 0.717) is 61.4 Å². The van der Waals surface area contributed by atoms with Gasteiger partial charge in [0.1, 0.15) is 17.1 Å². The number of aryl methyl sites for hydroxylation is 2. The van der Waals surface area contributed by atoms with Gasteiger partial charge in [-0.25, -0.2) is 13.4 Å². The van der Waals surface area contributed by atoms with E-state index in [1.807, 2.05) is 24.6 Å². The Hall–Kier alpha value is -2.69. The first-order chi connectivity index (χ1) is 18.0. The molecule has 1 saturated heterocycles. The minimum atomic E-state index is -3.80. The lowest BCUT2D eigenvalue weighted by molar-refractivity contribution is -0.00375. The van der Waals surface area contributed by atoms with Gasteiger partial charge in [0.2, 0.25) is 10.0 Å². The fourth-order valence-corrected chi connectivity index (χ4v) is 6.74. The number of hydrogen-bond donors (Lipinski definition) is 2. The molecule has 3 heterocycles. The summed E-state index contributed by atoms with van der Waals surface area (Å²) in [5, 5.41) is 10.4. The van der Waals surface area contributed by atoms with Crippen LogP contribution in [0, 0.1) is 5.92 Å². The summed E-state index contributed by atoms with van der Waals surface area (Å²) in [6.45, 7) is 11.4. The zero-order chi connectivity index (χ0) is 27.7. The van der Waals surface area contributed by atoms with E-state index in [2.05, 4.69) is 11.9 Å². The third-order valence-corrected chi connectivity index (χ3v) is 9.31. The largest absolute Gasteiger partial charge is 0.493 e. The van der Waals surface area contributed by atoms with Crippen LogP contribution in [0.5, 0.6) is 5.75 Å². The molecule has 0 spiro atoms. The Bertz CT molecular complexity index is 1440. The summed E-state index contributed by atoms with van der Waals surface area (Å²) in [5.74, 6) is 0.807. The predicted molar refractivity (Wildman–Crippen MR) is 149 cm³/mol. The van der Waals surface area contributed by atoms with Crippen LogP contribution in [0.1, 0.15) is 65.9 Å². The van der Waals surface area contributed by atoms with Gasteiger partial charge < -0.3 is 19.4 Å². The highest BCUT2D eigenvalue weighted by Crippen LogP contribution is 2.35. The Labute approximate surface area is 224 Å². The number of ether oxygens (including phenoxy) is 1. The number of H-pyrrole nitrogens is 1. The van der Waals surface area contributed by atoms with Crippen LogP contribution < -0.4 is 10.3 Å². The summed E-state index contributed by atoms with van der Waals surface area (Å²) in [4.78, 5) is 21.1. The van der Waals surface area contributed by atoms with Crippen molar-refractivity contribution in [2.45, 2.75) is 83.8 Å². The fourth-order valence-electron chi connectivity index (χ4n) is 5.24. The number of piperidine rings is 1. The lowest BCUT2D eigenvalue weighted by Crippen LogP contribution is -2.44. The summed E-state index contributed by atoms with van der Waals surface area (Å²) in [6, 6.07) is 4.76. The van der Waals surface area contributed by atoms with E-state index < -0.39 is 15.6 Å². The van der Waals surface area contributed by atoms with E-state index >= 15 is 0 Å². The highest BCUT2D eigenvalue weighted by molar-refractivity contribution is 7.89. The molecule has 208 valence electrons. The SMILES string of the molecule is CCCOc1ccc(S(=O)(=O)N2CCC(C(C)(C)O)CC2)cc1-c1nc2c(CCC)cn(CC)c2c(=O)[nH]1. The number of rotatable bonds is 10. The van der Waals surface area contributed by atoms with Gasteiger partial charge in [0.25, 0.3) is 5.56 Å². The monoisotopic (exact) mass is 544 g/mol. The molecule has 0 radical (unpaired) electrons. The molecule has 0 unspecified atom stereocenters. The van der Waals surface area contributed by atoms with Crippen LogP contribution in [-0.4, -0.2) is 57.7 Å². The molecule has 1 aliphatic heterocycles. The van der Waals surface area contributed by atoms with Crippen LogP contribution in [0.4, 0.5) is 0 Å². The van der Waals surface area contributed by atoms with Crippen LogP contribution in [0.3, 0.4) is 0 Å². The smallest absolute Gasteiger partial charge is 0.275 e. The van der Waals surface area contributed by atoms with E-state index in [1.54, 1.807) is 32.0 Å². The molecule has 9 nitrogen and oxygen atoms in total. The van der Waals surface area contributed by atoms with Gasteiger partial charge in [-0.1, -0.05) is 20.3 Å².